The first-order chi connectivity index (χ1) is 13.6. The number of hydrogen-bond acceptors (Lipinski definition) is 8. The second-order valence-corrected chi connectivity index (χ2v) is 8.53. The summed E-state index contributed by atoms with van der Waals surface area (Å²) < 4.78 is 11.4. The molecule has 11 heteroatoms. The van der Waals surface area contributed by atoms with Crippen LogP contribution >= 0.6 is 34.7 Å². The molecule has 0 spiro atoms. The summed E-state index contributed by atoms with van der Waals surface area (Å²) in [6.45, 7) is 1.14. The Kier molecular flexibility index (Phi) is 7.90. The molecule has 2 amide bonds. The van der Waals surface area contributed by atoms with Gasteiger partial charge in [-0.15, -0.1) is 10.2 Å². The molecule has 1 aromatic heterocycles. The summed E-state index contributed by atoms with van der Waals surface area (Å²) >= 11 is 8.26. The lowest BCUT2D eigenvalue weighted by Gasteiger charge is -2.09. The maximum absolute atomic E-state index is 11.9. The minimum absolute atomic E-state index is 0.0855. The van der Waals surface area contributed by atoms with Crippen molar-refractivity contribution < 1.29 is 19.1 Å². The number of amides is 2. The summed E-state index contributed by atoms with van der Waals surface area (Å²) in [7, 11) is 0. The van der Waals surface area contributed by atoms with Gasteiger partial charge >= 0.3 is 0 Å². The number of benzene rings is 1. The van der Waals surface area contributed by atoms with Crippen molar-refractivity contribution in [3.63, 3.8) is 0 Å². The van der Waals surface area contributed by atoms with Crippen molar-refractivity contribution in [2.75, 3.05) is 30.8 Å². The van der Waals surface area contributed by atoms with E-state index in [0.717, 1.165) is 19.4 Å². The van der Waals surface area contributed by atoms with Crippen molar-refractivity contribution in [3.8, 4) is 5.75 Å². The number of anilines is 1. The highest BCUT2D eigenvalue weighted by Gasteiger charge is 2.16. The fraction of sp³-hybridized carbons (Fsp3) is 0.412. The summed E-state index contributed by atoms with van der Waals surface area (Å²) in [4.78, 5) is 23.8. The summed E-state index contributed by atoms with van der Waals surface area (Å²) in [6, 6.07) is 6.72. The number of thioether (sulfide) groups is 1. The van der Waals surface area contributed by atoms with Gasteiger partial charge < -0.3 is 14.8 Å². The van der Waals surface area contributed by atoms with Gasteiger partial charge in [-0.1, -0.05) is 34.7 Å². The van der Waals surface area contributed by atoms with E-state index in [4.69, 9.17) is 21.1 Å². The molecule has 8 nitrogen and oxygen atoms in total. The fourth-order valence-electron chi connectivity index (χ4n) is 2.36. The zero-order valence-corrected chi connectivity index (χ0v) is 17.2. The number of halogens is 1. The Morgan fingerprint density at radius 2 is 2.11 bits per heavy atom. The van der Waals surface area contributed by atoms with Crippen LogP contribution in [0.15, 0.2) is 28.6 Å². The highest BCUT2D eigenvalue weighted by molar-refractivity contribution is 8.01. The average Bonchev–Trinajstić information content (AvgIpc) is 3.36. The molecule has 0 radical (unpaired) electrons. The number of rotatable bonds is 9. The molecule has 2 aromatic rings. The van der Waals surface area contributed by atoms with Crippen LogP contribution in [0.3, 0.4) is 0 Å². The molecule has 0 unspecified atom stereocenters. The summed E-state index contributed by atoms with van der Waals surface area (Å²) in [5, 5.41) is 14.3. The molecule has 2 N–H and O–H groups in total. The highest BCUT2D eigenvalue weighted by atomic mass is 35.5. The largest absolute Gasteiger partial charge is 0.484 e. The zero-order valence-electron chi connectivity index (χ0n) is 14.9. The second kappa shape index (κ2) is 10.6. The van der Waals surface area contributed by atoms with Crippen LogP contribution in [0.4, 0.5) is 5.13 Å². The minimum Gasteiger partial charge on any atom is -0.484 e. The predicted octanol–water partition coefficient (Wildman–Crippen LogP) is 2.60. The standard InChI is InChI=1S/C17H19ClN4O4S2/c18-11-3-5-12(6-4-11)26-9-14(23)20-16-21-22-17(28-16)27-10-15(24)19-8-13-2-1-7-25-13/h3-6,13H,1-2,7-10H2,(H,19,24)(H,20,21,23)/t13-/m0/s1. The molecule has 0 aliphatic carbocycles. The van der Waals surface area contributed by atoms with Crippen molar-refractivity contribution in [1.82, 2.24) is 15.5 Å². The normalized spacial score (nSPS) is 16.0. The molecule has 1 atom stereocenters. The SMILES string of the molecule is O=C(CSc1nnc(NC(=O)COc2ccc(Cl)cc2)s1)NC[C@@H]1CCCO1. The smallest absolute Gasteiger partial charge is 0.264 e. The van der Waals surface area contributed by atoms with Crippen LogP contribution in [0.2, 0.25) is 5.02 Å². The quantitative estimate of drug-likeness (QED) is 0.454. The molecule has 0 bridgehead atoms. The highest BCUT2D eigenvalue weighted by Crippen LogP contribution is 2.25. The molecule has 28 heavy (non-hydrogen) atoms. The van der Waals surface area contributed by atoms with E-state index in [-0.39, 0.29) is 30.3 Å². The number of hydrogen-bond donors (Lipinski definition) is 2. The Morgan fingerprint density at radius 1 is 1.29 bits per heavy atom. The van der Waals surface area contributed by atoms with Crippen molar-refractivity contribution >= 4 is 51.6 Å². The average molecular weight is 443 g/mol. The van der Waals surface area contributed by atoms with Gasteiger partial charge in [-0.05, 0) is 37.1 Å². The molecule has 0 saturated carbocycles. The van der Waals surface area contributed by atoms with E-state index in [1.807, 2.05) is 0 Å². The third-order valence-electron chi connectivity index (χ3n) is 3.71. The van der Waals surface area contributed by atoms with Gasteiger partial charge in [0.05, 0.1) is 11.9 Å². The van der Waals surface area contributed by atoms with Gasteiger partial charge in [0.1, 0.15) is 5.75 Å². The third-order valence-corrected chi connectivity index (χ3v) is 5.94. The Balaban J connectivity index is 1.35. The number of carbonyl (C=O) groups is 2. The monoisotopic (exact) mass is 442 g/mol. The third kappa shape index (κ3) is 6.93. The number of ether oxygens (including phenoxy) is 2. The first-order valence-electron chi connectivity index (χ1n) is 8.61. The van der Waals surface area contributed by atoms with Gasteiger partial charge in [0, 0.05) is 18.2 Å². The van der Waals surface area contributed by atoms with Crippen molar-refractivity contribution in [1.29, 1.82) is 0 Å². The maximum Gasteiger partial charge on any atom is 0.264 e. The van der Waals surface area contributed by atoms with Gasteiger partial charge in [0.25, 0.3) is 5.91 Å². The fourth-order valence-corrected chi connectivity index (χ4v) is 4.09. The molecule has 1 aromatic carbocycles. The number of carbonyl (C=O) groups excluding carboxylic acids is 2. The minimum atomic E-state index is -0.350. The van der Waals surface area contributed by atoms with Gasteiger partial charge in [-0.25, -0.2) is 0 Å². The van der Waals surface area contributed by atoms with E-state index < -0.39 is 0 Å². The van der Waals surface area contributed by atoms with Crippen molar-refractivity contribution in [2.24, 2.45) is 0 Å². The van der Waals surface area contributed by atoms with Crippen LogP contribution in [0.5, 0.6) is 5.75 Å². The lowest BCUT2D eigenvalue weighted by atomic mass is 10.2. The molecule has 150 valence electrons. The molecule has 3 rings (SSSR count). The molecule has 1 aliphatic heterocycles. The zero-order chi connectivity index (χ0) is 19.8. The number of nitrogens with one attached hydrogen (secondary N) is 2. The summed E-state index contributed by atoms with van der Waals surface area (Å²) in [5.41, 5.74) is 0. The first kappa shape index (κ1) is 20.8. The number of nitrogens with zero attached hydrogens (tertiary/aromatic N) is 2. The van der Waals surface area contributed by atoms with E-state index in [0.29, 0.717) is 26.8 Å². The van der Waals surface area contributed by atoms with Crippen LogP contribution in [-0.2, 0) is 14.3 Å². The van der Waals surface area contributed by atoms with Gasteiger partial charge in [0.15, 0.2) is 10.9 Å². The Morgan fingerprint density at radius 3 is 2.86 bits per heavy atom. The topological polar surface area (TPSA) is 102 Å². The van der Waals surface area contributed by atoms with Crippen molar-refractivity contribution in [3.05, 3.63) is 29.3 Å². The lowest BCUT2D eigenvalue weighted by molar-refractivity contribution is -0.119. The summed E-state index contributed by atoms with van der Waals surface area (Å²) in [6.07, 6.45) is 2.14. The van der Waals surface area contributed by atoms with Crippen molar-refractivity contribution in [2.45, 2.75) is 23.3 Å². The van der Waals surface area contributed by atoms with Crippen LogP contribution < -0.4 is 15.4 Å². The van der Waals surface area contributed by atoms with Crippen LogP contribution in [0.1, 0.15) is 12.8 Å². The van der Waals surface area contributed by atoms with E-state index in [1.165, 1.54) is 23.1 Å². The second-order valence-electron chi connectivity index (χ2n) is 5.89. The maximum atomic E-state index is 11.9. The van der Waals surface area contributed by atoms with Crippen LogP contribution in [0, 0.1) is 0 Å². The van der Waals surface area contributed by atoms with Gasteiger partial charge in [-0.3, -0.25) is 14.9 Å². The van der Waals surface area contributed by atoms with E-state index in [9.17, 15) is 9.59 Å². The van der Waals surface area contributed by atoms with E-state index >= 15 is 0 Å². The predicted molar refractivity (Wildman–Crippen MR) is 108 cm³/mol. The molecule has 2 heterocycles. The molecular weight excluding hydrogens is 424 g/mol. The summed E-state index contributed by atoms with van der Waals surface area (Å²) in [5.74, 6) is 0.339. The Hall–Kier alpha value is -1.88. The van der Waals surface area contributed by atoms with Crippen LogP contribution in [-0.4, -0.2) is 53.6 Å². The molecular formula is C17H19ClN4O4S2. The van der Waals surface area contributed by atoms with E-state index in [2.05, 4.69) is 20.8 Å². The Labute approximate surface area is 175 Å². The van der Waals surface area contributed by atoms with E-state index in [1.54, 1.807) is 24.3 Å². The first-order valence-corrected chi connectivity index (χ1v) is 10.8. The van der Waals surface area contributed by atoms with Crippen LogP contribution in [0.25, 0.3) is 0 Å². The molecule has 1 saturated heterocycles. The Bertz CT molecular complexity index is 797. The number of aromatic nitrogens is 2. The van der Waals surface area contributed by atoms with Gasteiger partial charge in [-0.2, -0.15) is 0 Å². The molecule has 1 aliphatic rings. The lowest BCUT2D eigenvalue weighted by Crippen LogP contribution is -2.32. The van der Waals surface area contributed by atoms with Gasteiger partial charge in [0.2, 0.25) is 11.0 Å². The molecule has 1 fully saturated rings.